The summed E-state index contributed by atoms with van der Waals surface area (Å²) in [6.07, 6.45) is 3.14. The summed E-state index contributed by atoms with van der Waals surface area (Å²) in [6, 6.07) is 13.8. The summed E-state index contributed by atoms with van der Waals surface area (Å²) in [4.78, 5) is 12.7. The van der Waals surface area contributed by atoms with Gasteiger partial charge in [0.15, 0.2) is 0 Å². The van der Waals surface area contributed by atoms with Gasteiger partial charge in [-0.05, 0) is 68.3 Å². The summed E-state index contributed by atoms with van der Waals surface area (Å²) in [5.41, 5.74) is 4.88. The fourth-order valence-corrected chi connectivity index (χ4v) is 4.13. The van der Waals surface area contributed by atoms with Crippen molar-refractivity contribution in [1.29, 1.82) is 0 Å². The molecule has 0 radical (unpaired) electrons. The molecule has 4 rings (SSSR count). The Morgan fingerprint density at radius 1 is 1.17 bits per heavy atom. The van der Waals surface area contributed by atoms with Gasteiger partial charge in [-0.25, -0.2) is 4.39 Å². The van der Waals surface area contributed by atoms with Crippen molar-refractivity contribution in [2.45, 2.75) is 20.8 Å². The average molecular weight is 494 g/mol. The van der Waals surface area contributed by atoms with Crippen molar-refractivity contribution in [1.82, 2.24) is 0 Å². The first-order valence-corrected chi connectivity index (χ1v) is 11.5. The van der Waals surface area contributed by atoms with Gasteiger partial charge in [-0.1, -0.05) is 23.7 Å². The number of benzene rings is 3. The van der Waals surface area contributed by atoms with E-state index in [1.165, 1.54) is 18.2 Å². The van der Waals surface area contributed by atoms with E-state index in [-0.39, 0.29) is 10.7 Å². The van der Waals surface area contributed by atoms with Crippen LogP contribution in [0.15, 0.2) is 65.3 Å². The Kier molecular flexibility index (Phi) is 7.12. The molecule has 3 aromatic carbocycles. The van der Waals surface area contributed by atoms with Gasteiger partial charge >= 0.3 is 0 Å². The number of carbonyl (C=O) groups is 1. The highest BCUT2D eigenvalue weighted by atomic mass is 35.5. The standard InChI is InChI=1S/C28H25ClFNO4/c1-5-34-27-17(3)28-22(23(15-35-28)18-6-9-20(33-4)10-7-18)14-21(27)16(2)12-26(32)31-25-11-8-19(29)13-24(25)30/h6-15H,5H2,1-4H3,(H,31,32)/b16-12+. The van der Waals surface area contributed by atoms with Crippen molar-refractivity contribution < 1.29 is 23.1 Å². The molecule has 0 saturated carbocycles. The van der Waals surface area contributed by atoms with Crippen molar-refractivity contribution in [3.05, 3.63) is 82.8 Å². The quantitative estimate of drug-likeness (QED) is 0.268. The molecule has 0 atom stereocenters. The number of halogens is 2. The zero-order valence-corrected chi connectivity index (χ0v) is 20.6. The molecule has 1 heterocycles. The summed E-state index contributed by atoms with van der Waals surface area (Å²) in [5, 5.41) is 3.71. The third-order valence-electron chi connectivity index (χ3n) is 5.70. The molecule has 0 saturated heterocycles. The van der Waals surface area contributed by atoms with Gasteiger partial charge in [0, 0.05) is 33.2 Å². The first-order chi connectivity index (χ1) is 16.8. The summed E-state index contributed by atoms with van der Waals surface area (Å²) in [6.45, 7) is 6.08. The minimum atomic E-state index is -0.605. The van der Waals surface area contributed by atoms with Crippen LogP contribution in [0.5, 0.6) is 11.5 Å². The number of aryl methyl sites for hydroxylation is 1. The molecule has 180 valence electrons. The fraction of sp³-hybridized carbons (Fsp3) is 0.179. The zero-order valence-electron chi connectivity index (χ0n) is 19.9. The highest BCUT2D eigenvalue weighted by Gasteiger charge is 2.19. The number of allylic oxidation sites excluding steroid dienone is 1. The number of carbonyl (C=O) groups excluding carboxylic acids is 1. The van der Waals surface area contributed by atoms with Crippen LogP contribution in [-0.2, 0) is 4.79 Å². The molecule has 0 aliphatic rings. The van der Waals surface area contributed by atoms with E-state index in [1.54, 1.807) is 13.4 Å². The third kappa shape index (κ3) is 5.03. The van der Waals surface area contributed by atoms with E-state index in [0.29, 0.717) is 23.5 Å². The van der Waals surface area contributed by atoms with Gasteiger partial charge in [0.05, 0.1) is 25.7 Å². The van der Waals surface area contributed by atoms with Gasteiger partial charge in [-0.3, -0.25) is 4.79 Å². The number of ether oxygens (including phenoxy) is 2. The van der Waals surface area contributed by atoms with E-state index in [2.05, 4.69) is 5.32 Å². The van der Waals surface area contributed by atoms with Crippen LogP contribution in [0, 0.1) is 12.7 Å². The summed E-state index contributed by atoms with van der Waals surface area (Å²) < 4.78 is 31.3. The predicted molar refractivity (Wildman–Crippen MR) is 138 cm³/mol. The molecule has 0 unspecified atom stereocenters. The van der Waals surface area contributed by atoms with Crippen LogP contribution in [0.3, 0.4) is 0 Å². The smallest absolute Gasteiger partial charge is 0.248 e. The molecule has 1 amide bonds. The maximum atomic E-state index is 14.1. The lowest BCUT2D eigenvalue weighted by molar-refractivity contribution is -0.111. The van der Waals surface area contributed by atoms with Crippen LogP contribution < -0.4 is 14.8 Å². The molecule has 1 N–H and O–H groups in total. The van der Waals surface area contributed by atoms with Gasteiger partial charge in [0.1, 0.15) is 22.9 Å². The Labute approximate surface area is 208 Å². The van der Waals surface area contributed by atoms with E-state index < -0.39 is 11.7 Å². The molecule has 0 fully saturated rings. The van der Waals surface area contributed by atoms with Crippen molar-refractivity contribution in [3.63, 3.8) is 0 Å². The lowest BCUT2D eigenvalue weighted by Crippen LogP contribution is -2.10. The van der Waals surface area contributed by atoms with Crippen LogP contribution in [0.4, 0.5) is 10.1 Å². The van der Waals surface area contributed by atoms with Gasteiger partial charge in [-0.15, -0.1) is 0 Å². The number of furan rings is 1. The second-order valence-corrected chi connectivity index (χ2v) is 8.44. The number of methoxy groups -OCH3 is 1. The van der Waals surface area contributed by atoms with Crippen LogP contribution >= 0.6 is 11.6 Å². The molecule has 1 aromatic heterocycles. The summed E-state index contributed by atoms with van der Waals surface area (Å²) >= 11 is 5.80. The number of rotatable bonds is 7. The van der Waals surface area contributed by atoms with Crippen molar-refractivity contribution in [2.75, 3.05) is 19.0 Å². The predicted octanol–water partition coefficient (Wildman–Crippen LogP) is 7.65. The van der Waals surface area contributed by atoms with Crippen LogP contribution in [0.25, 0.3) is 27.7 Å². The van der Waals surface area contributed by atoms with Gasteiger partial charge < -0.3 is 19.2 Å². The summed E-state index contributed by atoms with van der Waals surface area (Å²) in [7, 11) is 1.62. The zero-order chi connectivity index (χ0) is 25.1. The molecule has 0 aliphatic carbocycles. The molecule has 35 heavy (non-hydrogen) atoms. The minimum absolute atomic E-state index is 0.0525. The molecule has 0 spiro atoms. The summed E-state index contributed by atoms with van der Waals surface area (Å²) in [5.74, 6) is 0.326. The largest absolute Gasteiger partial charge is 0.497 e. The molecule has 0 bridgehead atoms. The number of nitrogens with one attached hydrogen (secondary N) is 1. The minimum Gasteiger partial charge on any atom is -0.497 e. The molecular weight excluding hydrogens is 469 g/mol. The number of hydrogen-bond acceptors (Lipinski definition) is 4. The number of hydrogen-bond donors (Lipinski definition) is 1. The highest BCUT2D eigenvalue weighted by Crippen LogP contribution is 2.41. The van der Waals surface area contributed by atoms with Crippen LogP contribution in [-0.4, -0.2) is 19.6 Å². The molecule has 4 aromatic rings. The Balaban J connectivity index is 1.76. The Morgan fingerprint density at radius 2 is 1.91 bits per heavy atom. The lowest BCUT2D eigenvalue weighted by atomic mass is 9.96. The normalized spacial score (nSPS) is 11.5. The lowest BCUT2D eigenvalue weighted by Gasteiger charge is -2.15. The molecule has 5 nitrogen and oxygen atoms in total. The molecule has 7 heteroatoms. The number of fused-ring (bicyclic) bond motifs is 1. The van der Waals surface area contributed by atoms with Crippen molar-refractivity contribution >= 4 is 39.7 Å². The second-order valence-electron chi connectivity index (χ2n) is 8.01. The van der Waals surface area contributed by atoms with E-state index in [9.17, 15) is 9.18 Å². The third-order valence-corrected chi connectivity index (χ3v) is 5.93. The number of amides is 1. The van der Waals surface area contributed by atoms with Gasteiger partial charge in [0.2, 0.25) is 5.91 Å². The Morgan fingerprint density at radius 3 is 2.57 bits per heavy atom. The number of anilines is 1. The highest BCUT2D eigenvalue weighted by molar-refractivity contribution is 6.30. The van der Waals surface area contributed by atoms with E-state index in [4.69, 9.17) is 25.5 Å². The fourth-order valence-electron chi connectivity index (χ4n) is 3.97. The Bertz CT molecular complexity index is 1420. The maximum Gasteiger partial charge on any atom is 0.248 e. The second kappa shape index (κ2) is 10.2. The molecular formula is C28H25ClFNO4. The monoisotopic (exact) mass is 493 g/mol. The SMILES string of the molecule is CCOc1c(/C(C)=C/C(=O)Nc2ccc(Cl)cc2F)cc2c(-c3ccc(OC)cc3)coc2c1C. The van der Waals surface area contributed by atoms with Crippen LogP contribution in [0.2, 0.25) is 5.02 Å². The van der Waals surface area contributed by atoms with E-state index in [1.807, 2.05) is 51.1 Å². The average Bonchev–Trinajstić information content (AvgIpc) is 3.27. The topological polar surface area (TPSA) is 60.7 Å². The van der Waals surface area contributed by atoms with E-state index >= 15 is 0 Å². The van der Waals surface area contributed by atoms with Crippen molar-refractivity contribution in [2.24, 2.45) is 0 Å². The van der Waals surface area contributed by atoms with Crippen LogP contribution in [0.1, 0.15) is 25.0 Å². The van der Waals surface area contributed by atoms with Gasteiger partial charge in [0.25, 0.3) is 0 Å². The Hall–Kier alpha value is -3.77. The first-order valence-electron chi connectivity index (χ1n) is 11.1. The molecule has 0 aliphatic heterocycles. The van der Waals surface area contributed by atoms with Gasteiger partial charge in [-0.2, -0.15) is 0 Å². The maximum absolute atomic E-state index is 14.1. The first kappa shape index (κ1) is 24.4. The van der Waals surface area contributed by atoms with E-state index in [0.717, 1.165) is 39.5 Å². The van der Waals surface area contributed by atoms with Crippen molar-refractivity contribution in [3.8, 4) is 22.6 Å².